The highest BCUT2D eigenvalue weighted by atomic mass is 35.5. The number of halogens is 1. The Bertz CT molecular complexity index is 1000. The van der Waals surface area contributed by atoms with Crippen LogP contribution in [0.15, 0.2) is 84.0 Å². The fourth-order valence-corrected chi connectivity index (χ4v) is 4.34. The van der Waals surface area contributed by atoms with Gasteiger partial charge < -0.3 is 4.74 Å². The molecule has 0 bridgehead atoms. The van der Waals surface area contributed by atoms with Gasteiger partial charge in [-0.25, -0.2) is 0 Å². The number of ether oxygens (including phenoxy) is 1. The highest BCUT2D eigenvalue weighted by Crippen LogP contribution is 2.49. The summed E-state index contributed by atoms with van der Waals surface area (Å²) in [6.45, 7) is 0. The Labute approximate surface area is 163 Å². The second-order valence-electron chi connectivity index (χ2n) is 7.03. The minimum Gasteiger partial charge on any atom is -0.484 e. The van der Waals surface area contributed by atoms with Gasteiger partial charge in [0.05, 0.1) is 17.7 Å². The van der Waals surface area contributed by atoms with Crippen molar-refractivity contribution in [3.63, 3.8) is 0 Å². The Morgan fingerprint density at radius 2 is 1.56 bits per heavy atom. The molecule has 3 aromatic carbocycles. The van der Waals surface area contributed by atoms with Crippen molar-refractivity contribution >= 4 is 17.3 Å². The maximum Gasteiger partial charge on any atom is 0.135 e. The van der Waals surface area contributed by atoms with Crippen LogP contribution < -0.4 is 4.74 Å². The Morgan fingerprint density at radius 3 is 2.33 bits per heavy atom. The number of hydrogen-bond acceptors (Lipinski definition) is 3. The van der Waals surface area contributed by atoms with Crippen molar-refractivity contribution in [2.45, 2.75) is 12.1 Å². The lowest BCUT2D eigenvalue weighted by Crippen LogP contribution is -2.35. The van der Waals surface area contributed by atoms with Gasteiger partial charge in [-0.3, -0.25) is 5.01 Å². The first-order chi connectivity index (χ1) is 13.2. The van der Waals surface area contributed by atoms with Gasteiger partial charge in [-0.2, -0.15) is 5.10 Å². The molecule has 2 heterocycles. The third-order valence-corrected chi connectivity index (χ3v) is 5.66. The van der Waals surface area contributed by atoms with Gasteiger partial charge in [0, 0.05) is 17.6 Å². The molecule has 27 heavy (non-hydrogen) atoms. The lowest BCUT2D eigenvalue weighted by atomic mass is 9.79. The maximum absolute atomic E-state index is 6.52. The lowest BCUT2D eigenvalue weighted by Gasteiger charge is -2.36. The summed E-state index contributed by atoms with van der Waals surface area (Å²) in [7, 11) is 2.04. The van der Waals surface area contributed by atoms with Crippen LogP contribution in [0.2, 0.25) is 5.02 Å². The van der Waals surface area contributed by atoms with Crippen LogP contribution in [0.25, 0.3) is 0 Å². The Hall–Kier alpha value is -2.78. The van der Waals surface area contributed by atoms with Gasteiger partial charge in [0.15, 0.2) is 0 Å². The van der Waals surface area contributed by atoms with Gasteiger partial charge in [0.2, 0.25) is 0 Å². The van der Waals surface area contributed by atoms with Crippen LogP contribution in [-0.2, 0) is 0 Å². The van der Waals surface area contributed by atoms with Crippen LogP contribution in [0.4, 0.5) is 0 Å². The molecule has 0 unspecified atom stereocenters. The third-order valence-electron chi connectivity index (χ3n) is 5.41. The summed E-state index contributed by atoms with van der Waals surface area (Å²) in [6.07, 6.45) is -0.0921. The van der Waals surface area contributed by atoms with E-state index in [-0.39, 0.29) is 18.1 Å². The van der Waals surface area contributed by atoms with Crippen molar-refractivity contribution in [2.75, 3.05) is 7.05 Å². The number of hydrazone groups is 1. The number of rotatable bonds is 2. The zero-order chi connectivity index (χ0) is 18.4. The molecular weight excluding hydrogens is 356 g/mol. The molecule has 0 aromatic heterocycles. The number of benzene rings is 3. The first-order valence-corrected chi connectivity index (χ1v) is 9.48. The van der Waals surface area contributed by atoms with E-state index in [1.807, 2.05) is 43.4 Å². The van der Waals surface area contributed by atoms with E-state index in [0.29, 0.717) is 0 Å². The summed E-state index contributed by atoms with van der Waals surface area (Å²) in [5.74, 6) is 1.000. The Morgan fingerprint density at radius 1 is 0.852 bits per heavy atom. The molecule has 4 heteroatoms. The number of nitrogens with zero attached hydrogens (tertiary/aromatic N) is 2. The normalized spacial score (nSPS) is 23.3. The van der Waals surface area contributed by atoms with Crippen LogP contribution in [0.3, 0.4) is 0 Å². The Kier molecular flexibility index (Phi) is 3.91. The Balaban J connectivity index is 1.66. The van der Waals surface area contributed by atoms with Gasteiger partial charge >= 0.3 is 0 Å². The summed E-state index contributed by atoms with van der Waals surface area (Å²) in [6, 6.07) is 26.8. The zero-order valence-corrected chi connectivity index (χ0v) is 15.7. The number of hydrogen-bond donors (Lipinski definition) is 0. The van der Waals surface area contributed by atoms with Crippen LogP contribution in [0.5, 0.6) is 5.75 Å². The third kappa shape index (κ3) is 2.70. The smallest absolute Gasteiger partial charge is 0.135 e. The average Bonchev–Trinajstić information content (AvgIpc) is 3.06. The van der Waals surface area contributed by atoms with Crippen molar-refractivity contribution in [2.24, 2.45) is 11.0 Å². The second-order valence-corrected chi connectivity index (χ2v) is 7.46. The van der Waals surface area contributed by atoms with E-state index in [4.69, 9.17) is 21.4 Å². The van der Waals surface area contributed by atoms with Crippen molar-refractivity contribution < 1.29 is 4.74 Å². The molecule has 0 radical (unpaired) electrons. The molecular formula is C23H19ClN2O. The summed E-state index contributed by atoms with van der Waals surface area (Å²) in [4.78, 5) is 0. The molecule has 0 saturated carbocycles. The van der Waals surface area contributed by atoms with Crippen LogP contribution in [-0.4, -0.2) is 17.8 Å². The van der Waals surface area contributed by atoms with E-state index in [1.165, 1.54) is 11.1 Å². The van der Waals surface area contributed by atoms with E-state index in [0.717, 1.165) is 22.0 Å². The summed E-state index contributed by atoms with van der Waals surface area (Å²) in [5.41, 5.74) is 4.53. The van der Waals surface area contributed by atoms with Gasteiger partial charge in [-0.1, -0.05) is 66.2 Å². The minimum absolute atomic E-state index is 0.0921. The molecule has 0 fully saturated rings. The van der Waals surface area contributed by atoms with Crippen LogP contribution in [0, 0.1) is 5.92 Å². The standard InChI is InChI=1S/C23H19ClN2O/c1-26-22(15-11-13-17(24)14-12-15)20-21(25-26)18-9-5-6-10-19(18)27-23(20)16-7-3-2-4-8-16/h2-14,20,22-23H,1H3/t20-,22+,23-/m1/s1. The number of fused-ring (bicyclic) bond motifs is 3. The van der Waals surface area contributed by atoms with Crippen molar-refractivity contribution in [3.8, 4) is 5.75 Å². The lowest BCUT2D eigenvalue weighted by molar-refractivity contribution is 0.113. The predicted molar refractivity (Wildman–Crippen MR) is 108 cm³/mol. The van der Waals surface area contributed by atoms with Gasteiger partial charge in [-0.15, -0.1) is 0 Å². The van der Waals surface area contributed by atoms with E-state index in [9.17, 15) is 0 Å². The molecule has 3 aromatic rings. The maximum atomic E-state index is 6.52. The molecule has 0 saturated heterocycles. The minimum atomic E-state index is -0.0921. The molecule has 134 valence electrons. The average molecular weight is 375 g/mol. The molecule has 3 nitrogen and oxygen atoms in total. The predicted octanol–water partition coefficient (Wildman–Crippen LogP) is 5.48. The molecule has 2 aliphatic heterocycles. The molecule has 0 N–H and O–H groups in total. The van der Waals surface area contributed by atoms with Gasteiger partial charge in [-0.05, 0) is 35.4 Å². The molecule has 2 aliphatic rings. The molecule has 3 atom stereocenters. The molecule has 0 amide bonds. The van der Waals surface area contributed by atoms with Gasteiger partial charge in [0.1, 0.15) is 11.9 Å². The van der Waals surface area contributed by atoms with E-state index >= 15 is 0 Å². The van der Waals surface area contributed by atoms with Crippen LogP contribution >= 0.6 is 11.6 Å². The number of para-hydroxylation sites is 1. The zero-order valence-electron chi connectivity index (χ0n) is 14.9. The van der Waals surface area contributed by atoms with Crippen LogP contribution in [0.1, 0.15) is 28.8 Å². The second kappa shape index (κ2) is 6.43. The fraction of sp³-hybridized carbons (Fsp3) is 0.174. The molecule has 5 rings (SSSR count). The first-order valence-electron chi connectivity index (χ1n) is 9.10. The van der Waals surface area contributed by atoms with E-state index in [1.54, 1.807) is 0 Å². The fourth-order valence-electron chi connectivity index (χ4n) is 4.22. The van der Waals surface area contributed by atoms with E-state index < -0.39 is 0 Å². The monoisotopic (exact) mass is 374 g/mol. The van der Waals surface area contributed by atoms with Crippen molar-refractivity contribution in [1.29, 1.82) is 0 Å². The summed E-state index contributed by atoms with van der Waals surface area (Å²) < 4.78 is 6.52. The SMILES string of the molecule is CN1N=C2c3ccccc3O[C@H](c3ccccc3)[C@H]2[C@@H]1c1ccc(Cl)cc1. The summed E-state index contributed by atoms with van der Waals surface area (Å²) in [5, 5.41) is 7.75. The van der Waals surface area contributed by atoms with Crippen molar-refractivity contribution in [3.05, 3.63) is 101 Å². The topological polar surface area (TPSA) is 24.8 Å². The molecule has 0 aliphatic carbocycles. The van der Waals surface area contributed by atoms with Gasteiger partial charge in [0.25, 0.3) is 0 Å². The van der Waals surface area contributed by atoms with Crippen molar-refractivity contribution in [1.82, 2.24) is 5.01 Å². The van der Waals surface area contributed by atoms with E-state index in [2.05, 4.69) is 47.5 Å². The molecule has 0 spiro atoms. The first kappa shape index (κ1) is 16.4. The highest BCUT2D eigenvalue weighted by molar-refractivity contribution is 6.30. The highest BCUT2D eigenvalue weighted by Gasteiger charge is 2.47. The quantitative estimate of drug-likeness (QED) is 0.593. The summed E-state index contributed by atoms with van der Waals surface area (Å²) >= 11 is 6.12. The largest absolute Gasteiger partial charge is 0.484 e.